The van der Waals surface area contributed by atoms with Crippen molar-refractivity contribution >= 4 is 39.1 Å². The topological polar surface area (TPSA) is 52.7 Å². The summed E-state index contributed by atoms with van der Waals surface area (Å²) in [6.45, 7) is 0.733. The number of amides is 2. The molecule has 2 amide bonds. The van der Waals surface area contributed by atoms with Gasteiger partial charge in [0.05, 0.1) is 11.6 Å². The van der Waals surface area contributed by atoms with Gasteiger partial charge in [0.15, 0.2) is 5.82 Å². The van der Waals surface area contributed by atoms with Crippen LogP contribution in [0.3, 0.4) is 0 Å². The maximum atomic E-state index is 14.4. The summed E-state index contributed by atoms with van der Waals surface area (Å²) in [5, 5.41) is 2.63. The van der Waals surface area contributed by atoms with Gasteiger partial charge in [0, 0.05) is 34.9 Å². The SMILES string of the molecule is CN1C(=O)[C@]2(c3ccccc31)[C@H](C(=O)Nc1c(F)cc(F)cc1Br)C[C@@H]1CCCN12. The highest BCUT2D eigenvalue weighted by atomic mass is 79.9. The molecule has 0 saturated carbocycles. The Labute approximate surface area is 181 Å². The number of hydrogen-bond acceptors (Lipinski definition) is 3. The van der Waals surface area contributed by atoms with Crippen LogP contribution in [-0.4, -0.2) is 36.3 Å². The summed E-state index contributed by atoms with van der Waals surface area (Å²) < 4.78 is 28.0. The molecule has 3 aliphatic rings. The fourth-order valence-corrected chi connectivity index (χ4v) is 6.05. The molecule has 30 heavy (non-hydrogen) atoms. The van der Waals surface area contributed by atoms with Crippen LogP contribution < -0.4 is 10.2 Å². The number of carbonyl (C=O) groups excluding carboxylic acids is 2. The Morgan fingerprint density at radius 3 is 2.80 bits per heavy atom. The van der Waals surface area contributed by atoms with E-state index >= 15 is 0 Å². The number of hydrogen-bond donors (Lipinski definition) is 1. The third-order valence-corrected chi connectivity index (χ3v) is 7.35. The molecule has 3 aliphatic heterocycles. The second kappa shape index (κ2) is 6.85. The normalized spacial score (nSPS) is 27.6. The maximum absolute atomic E-state index is 14.4. The van der Waals surface area contributed by atoms with Crippen LogP contribution in [0, 0.1) is 17.6 Å². The predicted octanol–water partition coefficient (Wildman–Crippen LogP) is 4.02. The summed E-state index contributed by atoms with van der Waals surface area (Å²) in [6, 6.07) is 9.49. The molecule has 1 N–H and O–H groups in total. The summed E-state index contributed by atoms with van der Waals surface area (Å²) in [5.74, 6) is -2.85. The summed E-state index contributed by atoms with van der Waals surface area (Å²) in [4.78, 5) is 30.9. The lowest BCUT2D eigenvalue weighted by Crippen LogP contribution is -2.55. The van der Waals surface area contributed by atoms with Crippen molar-refractivity contribution in [1.82, 2.24) is 4.90 Å². The van der Waals surface area contributed by atoms with E-state index in [-0.39, 0.29) is 22.1 Å². The van der Waals surface area contributed by atoms with Crippen LogP contribution in [0.2, 0.25) is 0 Å². The monoisotopic (exact) mass is 475 g/mol. The van der Waals surface area contributed by atoms with Crippen molar-refractivity contribution in [1.29, 1.82) is 0 Å². The average Bonchev–Trinajstić information content (AvgIpc) is 3.35. The molecule has 3 atom stereocenters. The van der Waals surface area contributed by atoms with Crippen LogP contribution in [0.5, 0.6) is 0 Å². The van der Waals surface area contributed by atoms with Crippen LogP contribution in [0.25, 0.3) is 0 Å². The maximum Gasteiger partial charge on any atom is 0.252 e. The van der Waals surface area contributed by atoms with Gasteiger partial charge in [-0.1, -0.05) is 18.2 Å². The number of benzene rings is 2. The Morgan fingerprint density at radius 1 is 1.27 bits per heavy atom. The van der Waals surface area contributed by atoms with Crippen LogP contribution in [0.1, 0.15) is 24.8 Å². The van der Waals surface area contributed by atoms with Gasteiger partial charge in [-0.25, -0.2) is 8.78 Å². The van der Waals surface area contributed by atoms with E-state index in [9.17, 15) is 18.4 Å². The Bertz CT molecular complexity index is 1060. The second-order valence-electron chi connectivity index (χ2n) is 8.16. The molecule has 0 bridgehead atoms. The van der Waals surface area contributed by atoms with Crippen molar-refractivity contribution in [3.63, 3.8) is 0 Å². The second-order valence-corrected chi connectivity index (χ2v) is 9.01. The van der Waals surface area contributed by atoms with Gasteiger partial charge in [-0.15, -0.1) is 0 Å². The van der Waals surface area contributed by atoms with Gasteiger partial charge < -0.3 is 10.2 Å². The Hall–Kier alpha value is -2.32. The van der Waals surface area contributed by atoms with E-state index in [4.69, 9.17) is 0 Å². The molecule has 5 nitrogen and oxygen atoms in total. The van der Waals surface area contributed by atoms with Crippen molar-refractivity contribution in [2.24, 2.45) is 5.92 Å². The molecular weight excluding hydrogens is 456 g/mol. The number of fused-ring (bicyclic) bond motifs is 4. The van der Waals surface area contributed by atoms with E-state index in [1.807, 2.05) is 24.3 Å². The third-order valence-electron chi connectivity index (χ3n) is 6.72. The minimum atomic E-state index is -1.10. The van der Waals surface area contributed by atoms with Gasteiger partial charge >= 0.3 is 0 Å². The zero-order valence-electron chi connectivity index (χ0n) is 16.3. The number of para-hydroxylation sites is 1. The number of anilines is 2. The van der Waals surface area contributed by atoms with Crippen molar-refractivity contribution in [2.45, 2.75) is 30.8 Å². The number of rotatable bonds is 2. The first-order valence-corrected chi connectivity index (χ1v) is 10.7. The number of nitrogens with one attached hydrogen (secondary N) is 1. The molecule has 8 heteroatoms. The summed E-state index contributed by atoms with van der Waals surface area (Å²) in [5.41, 5.74) is 0.401. The fourth-order valence-electron chi connectivity index (χ4n) is 5.54. The lowest BCUT2D eigenvalue weighted by molar-refractivity contribution is -0.136. The smallest absolute Gasteiger partial charge is 0.252 e. The first kappa shape index (κ1) is 19.6. The Morgan fingerprint density at radius 2 is 2.03 bits per heavy atom. The van der Waals surface area contributed by atoms with Crippen molar-refractivity contribution in [3.05, 3.63) is 58.1 Å². The quantitative estimate of drug-likeness (QED) is 0.713. The van der Waals surface area contributed by atoms with Gasteiger partial charge in [0.1, 0.15) is 11.4 Å². The molecule has 156 valence electrons. The zero-order chi connectivity index (χ0) is 21.2. The van der Waals surface area contributed by atoms with Gasteiger partial charge in [0.25, 0.3) is 5.91 Å². The highest BCUT2D eigenvalue weighted by Crippen LogP contribution is 2.56. The average molecular weight is 476 g/mol. The first-order valence-electron chi connectivity index (χ1n) is 9.95. The first-order chi connectivity index (χ1) is 14.4. The standard InChI is InChI=1S/C22H20BrF2N3O2/c1-27-18-7-3-2-6-14(18)22(21(27)30)15(11-13-5-4-8-28(13)22)20(29)26-19-16(23)9-12(24)10-17(19)25/h2-3,6-7,9-10,13,15H,4-5,8,11H2,1H3,(H,26,29)/t13-,15-,22-/m0/s1. The van der Waals surface area contributed by atoms with Gasteiger partial charge in [-0.3, -0.25) is 14.5 Å². The summed E-state index contributed by atoms with van der Waals surface area (Å²) in [7, 11) is 1.73. The molecule has 0 radical (unpaired) electrons. The van der Waals surface area contributed by atoms with E-state index in [0.717, 1.165) is 42.8 Å². The molecule has 2 aromatic rings. The van der Waals surface area contributed by atoms with Crippen molar-refractivity contribution in [3.8, 4) is 0 Å². The molecule has 5 rings (SSSR count). The van der Waals surface area contributed by atoms with Crippen molar-refractivity contribution in [2.75, 3.05) is 23.8 Å². The lowest BCUT2D eigenvalue weighted by atomic mass is 9.78. The van der Waals surface area contributed by atoms with E-state index < -0.39 is 29.0 Å². The zero-order valence-corrected chi connectivity index (χ0v) is 17.9. The van der Waals surface area contributed by atoms with E-state index in [0.29, 0.717) is 6.42 Å². The number of nitrogens with zero attached hydrogens (tertiary/aromatic N) is 2. The fraction of sp³-hybridized carbons (Fsp3) is 0.364. The molecule has 2 saturated heterocycles. The van der Waals surface area contributed by atoms with Crippen LogP contribution in [0.4, 0.5) is 20.2 Å². The lowest BCUT2D eigenvalue weighted by Gasteiger charge is -2.37. The summed E-state index contributed by atoms with van der Waals surface area (Å²) in [6.07, 6.45) is 2.40. The minimum Gasteiger partial charge on any atom is -0.322 e. The van der Waals surface area contributed by atoms with E-state index in [1.165, 1.54) is 0 Å². The van der Waals surface area contributed by atoms with Gasteiger partial charge in [-0.2, -0.15) is 0 Å². The third kappa shape index (κ3) is 2.53. The van der Waals surface area contributed by atoms with Crippen LogP contribution in [-0.2, 0) is 15.1 Å². The van der Waals surface area contributed by atoms with Crippen LogP contribution >= 0.6 is 15.9 Å². The number of halogens is 3. The molecule has 1 spiro atoms. The van der Waals surface area contributed by atoms with Gasteiger partial charge in [0.2, 0.25) is 5.91 Å². The Balaban J connectivity index is 1.60. The molecule has 3 heterocycles. The largest absolute Gasteiger partial charge is 0.322 e. The van der Waals surface area contributed by atoms with Crippen LogP contribution in [0.15, 0.2) is 40.9 Å². The highest BCUT2D eigenvalue weighted by Gasteiger charge is 2.66. The molecule has 0 aliphatic carbocycles. The highest BCUT2D eigenvalue weighted by molar-refractivity contribution is 9.10. The molecule has 0 unspecified atom stereocenters. The van der Waals surface area contributed by atoms with E-state index in [2.05, 4.69) is 26.1 Å². The van der Waals surface area contributed by atoms with Gasteiger partial charge in [-0.05, 0) is 53.9 Å². The summed E-state index contributed by atoms with van der Waals surface area (Å²) >= 11 is 3.13. The van der Waals surface area contributed by atoms with Crippen molar-refractivity contribution < 1.29 is 18.4 Å². The predicted molar refractivity (Wildman–Crippen MR) is 112 cm³/mol. The minimum absolute atomic E-state index is 0.115. The Kier molecular flexibility index (Phi) is 4.48. The molecular formula is C22H20BrF2N3O2. The molecule has 0 aromatic heterocycles. The molecule has 2 fully saturated rings. The molecule has 2 aromatic carbocycles. The van der Waals surface area contributed by atoms with E-state index in [1.54, 1.807) is 11.9 Å². The number of carbonyl (C=O) groups is 2. The number of likely N-dealkylation sites (N-methyl/N-ethyl adjacent to an activating group) is 1.